The van der Waals surface area contributed by atoms with Crippen LogP contribution in [0, 0.1) is 11.3 Å². The number of carbonyl (C=O) groups is 2. The Morgan fingerprint density at radius 2 is 1.80 bits per heavy atom. The van der Waals surface area contributed by atoms with Gasteiger partial charge >= 0.3 is 0 Å². The van der Waals surface area contributed by atoms with E-state index in [9.17, 15) is 9.59 Å². The molecule has 3 rings (SSSR count). The Labute approximate surface area is 211 Å². The molecular weight excluding hydrogens is 460 g/mol. The molecule has 0 bridgehead atoms. The fourth-order valence-corrected chi connectivity index (χ4v) is 4.83. The van der Waals surface area contributed by atoms with Crippen molar-refractivity contribution in [2.45, 2.75) is 53.0 Å². The summed E-state index contributed by atoms with van der Waals surface area (Å²) in [5.41, 5.74) is 1.95. The number of amides is 2. The third-order valence-corrected chi connectivity index (χ3v) is 6.29. The number of carbonyl (C=O) groups excluding carboxylic acids is 2. The number of nitrogens with zero attached hydrogens (tertiary/aromatic N) is 2. The van der Waals surface area contributed by atoms with Gasteiger partial charge in [-0.3, -0.25) is 14.9 Å². The first-order chi connectivity index (χ1) is 16.6. The van der Waals surface area contributed by atoms with Crippen molar-refractivity contribution >= 4 is 28.3 Å². The molecule has 7 nitrogen and oxygen atoms in total. The second-order valence-electron chi connectivity index (χ2n) is 10.0. The SMILES string of the molecule is COc1cccc(-c2nnc(NC(=O)[C@@H](Cc3ccccc3)NC(=O)C[C@@H](C)CC(C)(C)C)s2)c1. The summed E-state index contributed by atoms with van der Waals surface area (Å²) in [6.45, 7) is 8.55. The van der Waals surface area contributed by atoms with E-state index >= 15 is 0 Å². The van der Waals surface area contributed by atoms with Crippen LogP contribution in [0.2, 0.25) is 0 Å². The minimum absolute atomic E-state index is 0.132. The summed E-state index contributed by atoms with van der Waals surface area (Å²) in [6.07, 6.45) is 1.68. The molecule has 0 fully saturated rings. The van der Waals surface area contributed by atoms with Crippen molar-refractivity contribution in [2.24, 2.45) is 11.3 Å². The van der Waals surface area contributed by atoms with Crippen LogP contribution in [0.1, 0.15) is 46.1 Å². The lowest BCUT2D eigenvalue weighted by atomic mass is 9.84. The smallest absolute Gasteiger partial charge is 0.249 e. The number of rotatable bonds is 10. The molecular formula is C27H34N4O3S. The van der Waals surface area contributed by atoms with Crippen molar-refractivity contribution < 1.29 is 14.3 Å². The Balaban J connectivity index is 1.70. The van der Waals surface area contributed by atoms with E-state index in [1.54, 1.807) is 7.11 Å². The van der Waals surface area contributed by atoms with Crippen LogP contribution in [-0.2, 0) is 16.0 Å². The largest absolute Gasteiger partial charge is 0.497 e. The van der Waals surface area contributed by atoms with Gasteiger partial charge in [-0.2, -0.15) is 0 Å². The van der Waals surface area contributed by atoms with Crippen molar-refractivity contribution in [3.8, 4) is 16.3 Å². The summed E-state index contributed by atoms with van der Waals surface area (Å²) < 4.78 is 5.27. The number of benzene rings is 2. The van der Waals surface area contributed by atoms with E-state index in [2.05, 4.69) is 48.5 Å². The van der Waals surface area contributed by atoms with Gasteiger partial charge in [0.25, 0.3) is 0 Å². The van der Waals surface area contributed by atoms with E-state index < -0.39 is 6.04 Å². The van der Waals surface area contributed by atoms with Crippen molar-refractivity contribution in [1.29, 1.82) is 0 Å². The van der Waals surface area contributed by atoms with Crippen LogP contribution in [0.5, 0.6) is 5.75 Å². The van der Waals surface area contributed by atoms with Crippen molar-refractivity contribution in [3.05, 3.63) is 60.2 Å². The highest BCUT2D eigenvalue weighted by molar-refractivity contribution is 7.18. The summed E-state index contributed by atoms with van der Waals surface area (Å²) in [7, 11) is 1.61. The zero-order chi connectivity index (χ0) is 25.4. The topological polar surface area (TPSA) is 93.2 Å². The van der Waals surface area contributed by atoms with Crippen molar-refractivity contribution in [2.75, 3.05) is 12.4 Å². The molecule has 186 valence electrons. The van der Waals surface area contributed by atoms with Gasteiger partial charge in [-0.05, 0) is 35.4 Å². The molecule has 2 atom stereocenters. The van der Waals surface area contributed by atoms with Crippen LogP contribution < -0.4 is 15.4 Å². The van der Waals surface area contributed by atoms with Gasteiger partial charge < -0.3 is 10.1 Å². The van der Waals surface area contributed by atoms with E-state index in [-0.39, 0.29) is 23.1 Å². The van der Waals surface area contributed by atoms with E-state index in [0.717, 1.165) is 23.3 Å². The van der Waals surface area contributed by atoms with Crippen molar-refractivity contribution in [3.63, 3.8) is 0 Å². The second-order valence-corrected chi connectivity index (χ2v) is 11.0. The number of hydrogen-bond donors (Lipinski definition) is 2. The number of methoxy groups -OCH3 is 1. The molecule has 2 N–H and O–H groups in total. The average molecular weight is 495 g/mol. The fraction of sp³-hybridized carbons (Fsp3) is 0.407. The number of anilines is 1. The molecule has 1 heterocycles. The Hall–Kier alpha value is -3.26. The molecule has 0 saturated carbocycles. The Bertz CT molecular complexity index is 1120. The van der Waals surface area contributed by atoms with Crippen LogP contribution in [0.3, 0.4) is 0 Å². The summed E-state index contributed by atoms with van der Waals surface area (Å²) in [5.74, 6) is 0.477. The van der Waals surface area contributed by atoms with Crippen LogP contribution in [0.15, 0.2) is 54.6 Å². The molecule has 3 aromatic rings. The van der Waals surface area contributed by atoms with Crippen LogP contribution in [0.4, 0.5) is 5.13 Å². The van der Waals surface area contributed by atoms with Gasteiger partial charge in [0.05, 0.1) is 7.11 Å². The summed E-state index contributed by atoms with van der Waals surface area (Å²) >= 11 is 1.27. The second kappa shape index (κ2) is 11.9. The van der Waals surface area contributed by atoms with Gasteiger partial charge in [-0.25, -0.2) is 0 Å². The molecule has 0 unspecified atom stereocenters. The molecule has 2 aromatic carbocycles. The molecule has 0 aliphatic carbocycles. The maximum Gasteiger partial charge on any atom is 0.249 e. The average Bonchev–Trinajstić information content (AvgIpc) is 3.26. The summed E-state index contributed by atoms with van der Waals surface area (Å²) in [4.78, 5) is 26.0. The van der Waals surface area contributed by atoms with Crippen LogP contribution in [-0.4, -0.2) is 35.2 Å². The molecule has 0 spiro atoms. The molecule has 0 aliphatic heterocycles. The maximum absolute atomic E-state index is 13.2. The maximum atomic E-state index is 13.2. The lowest BCUT2D eigenvalue weighted by molar-refractivity contribution is -0.127. The highest BCUT2D eigenvalue weighted by atomic mass is 32.1. The lowest BCUT2D eigenvalue weighted by Gasteiger charge is -2.24. The highest BCUT2D eigenvalue weighted by Gasteiger charge is 2.25. The summed E-state index contributed by atoms with van der Waals surface area (Å²) in [5, 5.41) is 15.2. The van der Waals surface area contributed by atoms with Crippen LogP contribution >= 0.6 is 11.3 Å². The Morgan fingerprint density at radius 3 is 2.49 bits per heavy atom. The first kappa shape index (κ1) is 26.3. The number of hydrogen-bond acceptors (Lipinski definition) is 6. The molecule has 8 heteroatoms. The predicted octanol–water partition coefficient (Wildman–Crippen LogP) is 5.34. The van der Waals surface area contributed by atoms with Crippen LogP contribution in [0.25, 0.3) is 10.6 Å². The van der Waals surface area contributed by atoms with E-state index in [4.69, 9.17) is 4.74 Å². The number of ether oxygens (including phenoxy) is 1. The predicted molar refractivity (Wildman–Crippen MR) is 140 cm³/mol. The fourth-order valence-electron chi connectivity index (χ4n) is 4.09. The monoisotopic (exact) mass is 494 g/mol. The van der Waals surface area contributed by atoms with Gasteiger partial charge in [-0.1, -0.05) is 81.5 Å². The highest BCUT2D eigenvalue weighted by Crippen LogP contribution is 2.29. The van der Waals surface area contributed by atoms with Gasteiger partial charge in [0.2, 0.25) is 16.9 Å². The molecule has 0 radical (unpaired) electrons. The number of nitrogens with one attached hydrogen (secondary N) is 2. The zero-order valence-electron chi connectivity index (χ0n) is 21.0. The third-order valence-electron chi connectivity index (χ3n) is 5.40. The Morgan fingerprint density at radius 1 is 1.06 bits per heavy atom. The molecule has 35 heavy (non-hydrogen) atoms. The molecule has 0 saturated heterocycles. The zero-order valence-corrected chi connectivity index (χ0v) is 21.8. The van der Waals surface area contributed by atoms with E-state index in [0.29, 0.717) is 23.0 Å². The third kappa shape index (κ3) is 8.47. The summed E-state index contributed by atoms with van der Waals surface area (Å²) in [6, 6.07) is 16.4. The first-order valence-corrected chi connectivity index (χ1v) is 12.6. The Kier molecular flexibility index (Phi) is 8.98. The van der Waals surface area contributed by atoms with E-state index in [1.807, 2.05) is 54.6 Å². The van der Waals surface area contributed by atoms with Gasteiger partial charge in [0, 0.05) is 18.4 Å². The minimum Gasteiger partial charge on any atom is -0.497 e. The van der Waals surface area contributed by atoms with E-state index in [1.165, 1.54) is 11.3 Å². The quantitative estimate of drug-likeness (QED) is 0.397. The molecule has 0 aliphatic rings. The standard InChI is InChI=1S/C27H34N4O3S/c1-18(17-27(2,3)4)14-23(32)28-22(15-19-10-7-6-8-11-19)24(33)29-26-31-30-25(35-26)20-12-9-13-21(16-20)34-5/h6-13,16,18,22H,14-15,17H2,1-5H3,(H,28,32)(H,29,31,33)/t18-,22-/m1/s1. The van der Waals surface area contributed by atoms with Crippen molar-refractivity contribution in [1.82, 2.24) is 15.5 Å². The molecule has 2 amide bonds. The first-order valence-electron chi connectivity index (χ1n) is 11.7. The van der Waals surface area contributed by atoms with Gasteiger partial charge in [0.1, 0.15) is 16.8 Å². The lowest BCUT2D eigenvalue weighted by Crippen LogP contribution is -2.45. The number of aromatic nitrogens is 2. The minimum atomic E-state index is -0.726. The van der Waals surface area contributed by atoms with Gasteiger partial charge in [-0.15, -0.1) is 10.2 Å². The molecule has 1 aromatic heterocycles. The normalized spacial score (nSPS) is 13.1. The van der Waals surface area contributed by atoms with Gasteiger partial charge in [0.15, 0.2) is 0 Å².